The summed E-state index contributed by atoms with van der Waals surface area (Å²) < 4.78 is 6.96. The molecule has 0 saturated carbocycles. The van der Waals surface area contributed by atoms with Gasteiger partial charge in [0, 0.05) is 5.56 Å². The normalized spacial score (nSPS) is 10.5. The van der Waals surface area contributed by atoms with Crippen LogP contribution in [0.3, 0.4) is 0 Å². The molecule has 0 spiro atoms. The molecule has 3 aromatic rings. The van der Waals surface area contributed by atoms with E-state index in [1.807, 2.05) is 24.3 Å². The molecule has 0 aliphatic carbocycles. The zero-order valence-corrected chi connectivity index (χ0v) is 12.5. The van der Waals surface area contributed by atoms with Gasteiger partial charge in [0.05, 0.1) is 11.0 Å². The third-order valence-electron chi connectivity index (χ3n) is 3.33. The van der Waals surface area contributed by atoms with Crippen LogP contribution >= 0.6 is 0 Å². The Balaban J connectivity index is 1.60. The van der Waals surface area contributed by atoms with Crippen molar-refractivity contribution in [1.29, 1.82) is 0 Å². The molecule has 1 amide bonds. The van der Waals surface area contributed by atoms with Gasteiger partial charge in [0.15, 0.2) is 12.4 Å². The number of amides is 1. The average molecular weight is 309 g/mol. The summed E-state index contributed by atoms with van der Waals surface area (Å²) in [6.07, 6.45) is 1.55. The van der Waals surface area contributed by atoms with E-state index in [0.29, 0.717) is 11.3 Å². The molecule has 3 rings (SSSR count). The number of rotatable bonds is 5. The standard InChI is InChI=1S/C17H15N3O3/c1-12(21)13-6-8-14(9-7-13)23-10-17(22)19-20-11-18-15-4-2-3-5-16(15)20/h2-9,11H,10H2,1H3,(H,19,22). The third kappa shape index (κ3) is 3.37. The van der Waals surface area contributed by atoms with Crippen LogP contribution in [0.2, 0.25) is 0 Å². The molecule has 0 aliphatic rings. The summed E-state index contributed by atoms with van der Waals surface area (Å²) in [4.78, 5) is 27.3. The minimum absolute atomic E-state index is 0.0127. The first-order chi connectivity index (χ1) is 11.1. The van der Waals surface area contributed by atoms with Crippen LogP contribution < -0.4 is 10.2 Å². The molecule has 1 heterocycles. The second kappa shape index (κ2) is 6.31. The zero-order valence-electron chi connectivity index (χ0n) is 12.5. The summed E-state index contributed by atoms with van der Waals surface area (Å²) in [5.41, 5.74) is 4.92. The maximum absolute atomic E-state index is 12.0. The molecule has 6 nitrogen and oxygen atoms in total. The zero-order chi connectivity index (χ0) is 16.2. The summed E-state index contributed by atoms with van der Waals surface area (Å²) >= 11 is 0. The molecule has 0 saturated heterocycles. The fourth-order valence-corrected chi connectivity index (χ4v) is 2.15. The predicted octanol–water partition coefficient (Wildman–Crippen LogP) is 2.39. The van der Waals surface area contributed by atoms with Crippen LogP contribution in [0.4, 0.5) is 0 Å². The second-order valence-corrected chi connectivity index (χ2v) is 5.01. The van der Waals surface area contributed by atoms with E-state index >= 15 is 0 Å². The first-order valence-corrected chi connectivity index (χ1v) is 7.09. The number of aromatic nitrogens is 2. The largest absolute Gasteiger partial charge is 0.484 e. The number of carbonyl (C=O) groups excluding carboxylic acids is 2. The van der Waals surface area contributed by atoms with Crippen LogP contribution in [0.5, 0.6) is 5.75 Å². The van der Waals surface area contributed by atoms with E-state index in [4.69, 9.17) is 4.74 Å². The van der Waals surface area contributed by atoms with Gasteiger partial charge in [-0.3, -0.25) is 15.0 Å². The van der Waals surface area contributed by atoms with Gasteiger partial charge >= 0.3 is 0 Å². The van der Waals surface area contributed by atoms with Gasteiger partial charge in [-0.15, -0.1) is 0 Å². The molecule has 0 radical (unpaired) electrons. The molecule has 6 heteroatoms. The Morgan fingerprint density at radius 3 is 2.61 bits per heavy atom. The van der Waals surface area contributed by atoms with Gasteiger partial charge in [-0.2, -0.15) is 0 Å². The molecule has 0 atom stereocenters. The van der Waals surface area contributed by atoms with Gasteiger partial charge in [0.2, 0.25) is 0 Å². The van der Waals surface area contributed by atoms with Gasteiger partial charge in [0.1, 0.15) is 12.1 Å². The molecule has 0 fully saturated rings. The van der Waals surface area contributed by atoms with E-state index in [1.165, 1.54) is 6.92 Å². The van der Waals surface area contributed by atoms with E-state index in [9.17, 15) is 9.59 Å². The van der Waals surface area contributed by atoms with Crippen molar-refractivity contribution >= 4 is 22.7 Å². The first kappa shape index (κ1) is 14.8. The van der Waals surface area contributed by atoms with Gasteiger partial charge in [-0.05, 0) is 43.3 Å². The topological polar surface area (TPSA) is 73.2 Å². The number of benzene rings is 2. The Labute approximate surface area is 132 Å². The number of Topliss-reactive ketones (excluding diaryl/α,β-unsaturated/α-hetero) is 1. The second-order valence-electron chi connectivity index (χ2n) is 5.01. The van der Waals surface area contributed by atoms with Crippen LogP contribution in [0.25, 0.3) is 11.0 Å². The molecule has 1 N–H and O–H groups in total. The van der Waals surface area contributed by atoms with Crippen LogP contribution in [-0.2, 0) is 4.79 Å². The lowest BCUT2D eigenvalue weighted by Gasteiger charge is -2.09. The number of fused-ring (bicyclic) bond motifs is 1. The Hall–Kier alpha value is -3.15. The minimum atomic E-state index is -0.302. The third-order valence-corrected chi connectivity index (χ3v) is 3.33. The van der Waals surface area contributed by atoms with E-state index in [2.05, 4.69) is 10.4 Å². The summed E-state index contributed by atoms with van der Waals surface area (Å²) in [5.74, 6) is 0.214. The maximum atomic E-state index is 12.0. The van der Waals surface area contributed by atoms with Crippen LogP contribution in [0.1, 0.15) is 17.3 Å². The number of para-hydroxylation sites is 2. The lowest BCUT2D eigenvalue weighted by atomic mass is 10.1. The molecule has 0 unspecified atom stereocenters. The Morgan fingerprint density at radius 1 is 1.13 bits per heavy atom. The number of nitrogens with one attached hydrogen (secondary N) is 1. The number of hydrogen-bond donors (Lipinski definition) is 1. The number of nitrogens with zero attached hydrogens (tertiary/aromatic N) is 2. The quantitative estimate of drug-likeness (QED) is 0.734. The smallest absolute Gasteiger partial charge is 0.276 e. The number of carbonyl (C=O) groups is 2. The van der Waals surface area contributed by atoms with Crippen molar-refractivity contribution in [2.45, 2.75) is 6.92 Å². The van der Waals surface area contributed by atoms with E-state index < -0.39 is 0 Å². The lowest BCUT2D eigenvalue weighted by molar-refractivity contribution is -0.119. The molecule has 1 aromatic heterocycles. The monoisotopic (exact) mass is 309 g/mol. The van der Waals surface area contributed by atoms with Crippen molar-refractivity contribution in [3.05, 3.63) is 60.4 Å². The molecular formula is C17H15N3O3. The number of imidazole rings is 1. The van der Waals surface area contributed by atoms with Gasteiger partial charge in [-0.25, -0.2) is 9.66 Å². The minimum Gasteiger partial charge on any atom is -0.484 e. The highest BCUT2D eigenvalue weighted by molar-refractivity contribution is 5.94. The summed E-state index contributed by atoms with van der Waals surface area (Å²) in [6, 6.07) is 14.1. The predicted molar refractivity (Wildman–Crippen MR) is 86.0 cm³/mol. The van der Waals surface area contributed by atoms with Crippen LogP contribution in [0.15, 0.2) is 54.9 Å². The summed E-state index contributed by atoms with van der Waals surface area (Å²) in [6.45, 7) is 1.37. The van der Waals surface area contributed by atoms with E-state index in [-0.39, 0.29) is 18.3 Å². The number of hydrogen-bond acceptors (Lipinski definition) is 4. The fourth-order valence-electron chi connectivity index (χ4n) is 2.15. The van der Waals surface area contributed by atoms with E-state index in [1.54, 1.807) is 35.3 Å². The van der Waals surface area contributed by atoms with Crippen molar-refractivity contribution < 1.29 is 14.3 Å². The molecule has 2 aromatic carbocycles. The fraction of sp³-hybridized carbons (Fsp3) is 0.118. The van der Waals surface area contributed by atoms with Crippen LogP contribution in [0, 0.1) is 0 Å². The molecule has 0 aliphatic heterocycles. The molecule has 116 valence electrons. The van der Waals surface area contributed by atoms with Crippen molar-refractivity contribution in [2.75, 3.05) is 12.0 Å². The highest BCUT2D eigenvalue weighted by atomic mass is 16.5. The summed E-state index contributed by atoms with van der Waals surface area (Å²) in [7, 11) is 0. The first-order valence-electron chi connectivity index (χ1n) is 7.09. The Bertz CT molecular complexity index is 853. The van der Waals surface area contributed by atoms with Crippen molar-refractivity contribution in [2.24, 2.45) is 0 Å². The Morgan fingerprint density at radius 2 is 1.87 bits per heavy atom. The number of ketones is 1. The molecule has 0 bridgehead atoms. The van der Waals surface area contributed by atoms with E-state index in [0.717, 1.165) is 11.0 Å². The van der Waals surface area contributed by atoms with Gasteiger partial charge in [-0.1, -0.05) is 12.1 Å². The highest BCUT2D eigenvalue weighted by Crippen LogP contribution is 2.13. The SMILES string of the molecule is CC(=O)c1ccc(OCC(=O)Nn2cnc3ccccc32)cc1. The van der Waals surface area contributed by atoms with Gasteiger partial charge < -0.3 is 4.74 Å². The van der Waals surface area contributed by atoms with Crippen molar-refractivity contribution in [1.82, 2.24) is 9.66 Å². The summed E-state index contributed by atoms with van der Waals surface area (Å²) in [5, 5.41) is 0. The van der Waals surface area contributed by atoms with Crippen molar-refractivity contribution in [3.8, 4) is 5.75 Å². The highest BCUT2D eigenvalue weighted by Gasteiger charge is 2.07. The lowest BCUT2D eigenvalue weighted by Crippen LogP contribution is -2.27. The molecule has 23 heavy (non-hydrogen) atoms. The van der Waals surface area contributed by atoms with Gasteiger partial charge in [0.25, 0.3) is 5.91 Å². The Kier molecular flexibility index (Phi) is 4.05. The molecular weight excluding hydrogens is 294 g/mol. The number of ether oxygens (including phenoxy) is 1. The van der Waals surface area contributed by atoms with Crippen LogP contribution in [-0.4, -0.2) is 28.0 Å². The average Bonchev–Trinajstić information content (AvgIpc) is 2.96. The maximum Gasteiger partial charge on any atom is 0.276 e. The van der Waals surface area contributed by atoms with Crippen molar-refractivity contribution in [3.63, 3.8) is 0 Å².